The molecule has 1 aromatic heterocycles. The van der Waals surface area contributed by atoms with Gasteiger partial charge in [-0.1, -0.05) is 48.9 Å². The van der Waals surface area contributed by atoms with Gasteiger partial charge in [-0.15, -0.1) is 0 Å². The summed E-state index contributed by atoms with van der Waals surface area (Å²) in [6.45, 7) is 0.534. The molecule has 3 rings (SSSR count). The average molecular weight is 393 g/mol. The first-order chi connectivity index (χ1) is 14.1. The van der Waals surface area contributed by atoms with Crippen molar-refractivity contribution in [2.45, 2.75) is 38.1 Å². The van der Waals surface area contributed by atoms with Gasteiger partial charge in [0.25, 0.3) is 0 Å². The van der Waals surface area contributed by atoms with Crippen molar-refractivity contribution in [2.75, 3.05) is 6.54 Å². The first-order valence-corrected chi connectivity index (χ1v) is 9.93. The Morgan fingerprint density at radius 3 is 2.52 bits per heavy atom. The summed E-state index contributed by atoms with van der Waals surface area (Å²) in [6.07, 6.45) is 3.50. The number of carbonyl (C=O) groups excluding carboxylic acids is 2. The van der Waals surface area contributed by atoms with Crippen molar-refractivity contribution in [1.82, 2.24) is 20.6 Å². The van der Waals surface area contributed by atoms with Gasteiger partial charge in [0.2, 0.25) is 5.91 Å². The van der Waals surface area contributed by atoms with E-state index in [0.717, 1.165) is 41.7 Å². The second kappa shape index (κ2) is 10.3. The third-order valence-corrected chi connectivity index (χ3v) is 4.74. The molecule has 0 aliphatic carbocycles. The lowest BCUT2D eigenvalue weighted by atomic mass is 10.0. The lowest BCUT2D eigenvalue weighted by Crippen LogP contribution is -2.31. The van der Waals surface area contributed by atoms with Crippen LogP contribution >= 0.6 is 0 Å². The number of hydrogen-bond acceptors (Lipinski definition) is 3. The van der Waals surface area contributed by atoms with Crippen LogP contribution in [0.4, 0.5) is 4.79 Å². The number of urea groups is 1. The first-order valence-electron chi connectivity index (χ1n) is 9.93. The fourth-order valence-electron chi connectivity index (χ4n) is 3.27. The number of nitrogens with one attached hydrogen (secondary N) is 3. The molecule has 7 heteroatoms. The molecule has 0 spiro atoms. The van der Waals surface area contributed by atoms with Crippen molar-refractivity contribution < 1.29 is 9.59 Å². The summed E-state index contributed by atoms with van der Waals surface area (Å²) < 4.78 is 0. The summed E-state index contributed by atoms with van der Waals surface area (Å²) >= 11 is 0. The number of unbranched alkanes of at least 4 members (excludes halogenated alkanes) is 2. The van der Waals surface area contributed by atoms with Crippen LogP contribution in [0, 0.1) is 0 Å². The number of fused-ring (bicyclic) bond motifs is 1. The van der Waals surface area contributed by atoms with Crippen molar-refractivity contribution >= 4 is 23.0 Å². The molecule has 0 aliphatic rings. The van der Waals surface area contributed by atoms with Crippen LogP contribution in [0.15, 0.2) is 54.6 Å². The Hall–Kier alpha value is -3.35. The Balaban J connectivity index is 1.60. The Bertz CT molecular complexity index is 906. The highest BCUT2D eigenvalue weighted by Gasteiger charge is 2.19. The molecule has 0 unspecified atom stereocenters. The zero-order chi connectivity index (χ0) is 20.5. The highest BCUT2D eigenvalue weighted by atomic mass is 16.2. The number of benzene rings is 2. The fraction of sp³-hybridized carbons (Fsp3) is 0.318. The summed E-state index contributed by atoms with van der Waals surface area (Å²) in [5.41, 5.74) is 8.01. The maximum absolute atomic E-state index is 12.5. The summed E-state index contributed by atoms with van der Waals surface area (Å²) in [6, 6.07) is 17.2. The Kier molecular flexibility index (Phi) is 7.22. The summed E-state index contributed by atoms with van der Waals surface area (Å²) in [7, 11) is 0. The van der Waals surface area contributed by atoms with Gasteiger partial charge in [0, 0.05) is 13.0 Å². The second-order valence-corrected chi connectivity index (χ2v) is 7.05. The number of imidazole rings is 1. The molecule has 2 aromatic carbocycles. The summed E-state index contributed by atoms with van der Waals surface area (Å²) in [4.78, 5) is 31.2. The van der Waals surface area contributed by atoms with E-state index in [9.17, 15) is 9.59 Å². The van der Waals surface area contributed by atoms with Gasteiger partial charge < -0.3 is 21.4 Å². The van der Waals surface area contributed by atoms with E-state index in [4.69, 9.17) is 5.73 Å². The lowest BCUT2D eigenvalue weighted by Gasteiger charge is -2.17. The zero-order valence-corrected chi connectivity index (χ0v) is 16.4. The molecule has 3 amide bonds. The molecule has 0 bridgehead atoms. The Labute approximate surface area is 170 Å². The quantitative estimate of drug-likeness (QED) is 0.397. The minimum atomic E-state index is -0.516. The number of carbonyl (C=O) groups is 2. The number of amides is 3. The fourth-order valence-corrected chi connectivity index (χ4v) is 3.27. The van der Waals surface area contributed by atoms with Gasteiger partial charge in [-0.05, 0) is 37.0 Å². The molecule has 0 aliphatic heterocycles. The normalized spacial score (nSPS) is 11.9. The molecule has 152 valence electrons. The van der Waals surface area contributed by atoms with E-state index in [1.54, 1.807) is 0 Å². The molecule has 5 N–H and O–H groups in total. The maximum Gasteiger partial charge on any atom is 0.312 e. The molecule has 3 aromatic rings. The third kappa shape index (κ3) is 6.34. The van der Waals surface area contributed by atoms with Gasteiger partial charge >= 0.3 is 6.03 Å². The van der Waals surface area contributed by atoms with Crippen LogP contribution in [0.5, 0.6) is 0 Å². The standard InChI is InChI=1S/C22H27N5O2/c23-22(29)24-14-8-2-5-13-20(28)25-19(15-16-9-3-1-4-10-16)21-26-17-11-6-7-12-18(17)27-21/h1,3-4,6-7,9-12,19H,2,5,8,13-15H2,(H,25,28)(H,26,27)(H3,23,24,29)/t19-/m0/s1. The van der Waals surface area contributed by atoms with Crippen LogP contribution in [0.2, 0.25) is 0 Å². The van der Waals surface area contributed by atoms with Crippen LogP contribution in [0.1, 0.15) is 43.1 Å². The van der Waals surface area contributed by atoms with Gasteiger partial charge in [-0.3, -0.25) is 4.79 Å². The van der Waals surface area contributed by atoms with Crippen molar-refractivity contribution in [2.24, 2.45) is 5.73 Å². The van der Waals surface area contributed by atoms with E-state index in [-0.39, 0.29) is 11.9 Å². The van der Waals surface area contributed by atoms with Crippen molar-refractivity contribution in [1.29, 1.82) is 0 Å². The molecule has 1 heterocycles. The molecule has 29 heavy (non-hydrogen) atoms. The molecular formula is C22H27N5O2. The molecule has 1 atom stereocenters. The van der Waals surface area contributed by atoms with E-state index >= 15 is 0 Å². The van der Waals surface area contributed by atoms with Gasteiger partial charge in [0.15, 0.2) is 0 Å². The number of rotatable bonds is 10. The number of aromatic nitrogens is 2. The molecule has 0 saturated carbocycles. The maximum atomic E-state index is 12.5. The predicted octanol–water partition coefficient (Wildman–Crippen LogP) is 3.19. The van der Waals surface area contributed by atoms with E-state index in [2.05, 4.69) is 20.6 Å². The van der Waals surface area contributed by atoms with Crippen molar-refractivity contribution in [3.8, 4) is 0 Å². The number of para-hydroxylation sites is 2. The van der Waals surface area contributed by atoms with Crippen LogP contribution < -0.4 is 16.4 Å². The van der Waals surface area contributed by atoms with Crippen molar-refractivity contribution in [3.05, 3.63) is 66.0 Å². The molecule has 0 saturated heterocycles. The van der Waals surface area contributed by atoms with Crippen LogP contribution in [-0.2, 0) is 11.2 Å². The first kappa shape index (κ1) is 20.4. The van der Waals surface area contributed by atoms with E-state index < -0.39 is 6.03 Å². The van der Waals surface area contributed by atoms with E-state index in [0.29, 0.717) is 19.4 Å². The number of hydrogen-bond donors (Lipinski definition) is 4. The second-order valence-electron chi connectivity index (χ2n) is 7.05. The zero-order valence-electron chi connectivity index (χ0n) is 16.4. The third-order valence-electron chi connectivity index (χ3n) is 4.74. The molecule has 0 radical (unpaired) electrons. The van der Waals surface area contributed by atoms with E-state index in [1.165, 1.54) is 0 Å². The van der Waals surface area contributed by atoms with Gasteiger partial charge in [0.05, 0.1) is 17.1 Å². The van der Waals surface area contributed by atoms with E-state index in [1.807, 2.05) is 54.6 Å². The minimum Gasteiger partial charge on any atom is -0.352 e. The molecule has 0 fully saturated rings. The number of nitrogens with two attached hydrogens (primary N) is 1. The lowest BCUT2D eigenvalue weighted by molar-refractivity contribution is -0.122. The van der Waals surface area contributed by atoms with Crippen LogP contribution in [0.25, 0.3) is 11.0 Å². The SMILES string of the molecule is NC(=O)NCCCCCC(=O)N[C@@H](Cc1ccccc1)c1nc2ccccc2[nH]1. The predicted molar refractivity (Wildman–Crippen MR) is 113 cm³/mol. The Morgan fingerprint density at radius 2 is 1.76 bits per heavy atom. The van der Waals surface area contributed by atoms with Gasteiger partial charge in [-0.25, -0.2) is 9.78 Å². The summed E-state index contributed by atoms with van der Waals surface area (Å²) in [5.74, 6) is 0.753. The monoisotopic (exact) mass is 393 g/mol. The van der Waals surface area contributed by atoms with Gasteiger partial charge in [-0.2, -0.15) is 0 Å². The highest BCUT2D eigenvalue weighted by Crippen LogP contribution is 2.20. The molecule has 7 nitrogen and oxygen atoms in total. The average Bonchev–Trinajstić information content (AvgIpc) is 3.15. The summed E-state index contributed by atoms with van der Waals surface area (Å²) in [5, 5.41) is 5.68. The molecular weight excluding hydrogens is 366 g/mol. The minimum absolute atomic E-state index is 0.00533. The smallest absolute Gasteiger partial charge is 0.312 e. The Morgan fingerprint density at radius 1 is 1.00 bits per heavy atom. The van der Waals surface area contributed by atoms with Crippen LogP contribution in [-0.4, -0.2) is 28.5 Å². The van der Waals surface area contributed by atoms with Crippen molar-refractivity contribution in [3.63, 3.8) is 0 Å². The number of H-pyrrole nitrogens is 1. The number of primary amides is 1. The number of aromatic amines is 1. The van der Waals surface area contributed by atoms with Crippen LogP contribution in [0.3, 0.4) is 0 Å². The number of nitrogens with zero attached hydrogens (tertiary/aromatic N) is 1. The largest absolute Gasteiger partial charge is 0.352 e. The van der Waals surface area contributed by atoms with Gasteiger partial charge in [0.1, 0.15) is 5.82 Å². The topological polar surface area (TPSA) is 113 Å². The highest BCUT2D eigenvalue weighted by molar-refractivity contribution is 5.77.